The largest absolute Gasteiger partial charge is 0.388 e. The molecule has 2 atom stereocenters. The van der Waals surface area contributed by atoms with Crippen LogP contribution in [0.25, 0.3) is 0 Å². The Morgan fingerprint density at radius 3 is 2.12 bits per heavy atom. The van der Waals surface area contributed by atoms with Crippen LogP contribution >= 0.6 is 0 Å². The number of rotatable bonds is 11. The zero-order valence-corrected chi connectivity index (χ0v) is 9.64. The van der Waals surface area contributed by atoms with Crippen LogP contribution in [-0.4, -0.2) is 50.3 Å². The van der Waals surface area contributed by atoms with Crippen LogP contribution < -0.4 is 0 Å². The quantitative estimate of drug-likeness (QED) is 0.424. The van der Waals surface area contributed by atoms with E-state index < -0.39 is 6.10 Å². The van der Waals surface area contributed by atoms with E-state index in [9.17, 15) is 5.11 Å². The van der Waals surface area contributed by atoms with Crippen molar-refractivity contribution in [3.63, 3.8) is 0 Å². The zero-order valence-electron chi connectivity index (χ0n) is 9.64. The Labute approximate surface area is 97.5 Å². The van der Waals surface area contributed by atoms with E-state index >= 15 is 0 Å². The summed E-state index contributed by atoms with van der Waals surface area (Å²) in [5, 5.41) is 9.43. The van der Waals surface area contributed by atoms with E-state index in [0.29, 0.717) is 19.8 Å². The van der Waals surface area contributed by atoms with E-state index in [1.165, 1.54) is 0 Å². The first-order valence-electron chi connectivity index (χ1n) is 5.20. The minimum Gasteiger partial charge on any atom is -0.388 e. The molecule has 93 valence electrons. The average molecular weight is 229 g/mol. The van der Waals surface area contributed by atoms with Gasteiger partial charge in [0.05, 0.1) is 39.1 Å². The molecule has 4 heteroatoms. The summed E-state index contributed by atoms with van der Waals surface area (Å²) >= 11 is 0. The van der Waals surface area contributed by atoms with Crippen molar-refractivity contribution in [2.75, 3.05) is 33.0 Å². The fourth-order valence-corrected chi connectivity index (χ4v) is 0.914. The molecule has 0 aliphatic carbocycles. The lowest BCUT2D eigenvalue weighted by atomic mass is 10.4. The van der Waals surface area contributed by atoms with Crippen LogP contribution in [0.15, 0.2) is 25.3 Å². The van der Waals surface area contributed by atoms with Crippen LogP contribution in [0.1, 0.15) is 0 Å². The molecular weight excluding hydrogens is 208 g/mol. The number of hydrogen-bond donors (Lipinski definition) is 1. The van der Waals surface area contributed by atoms with Gasteiger partial charge in [-0.05, 0) is 6.92 Å². The lowest BCUT2D eigenvalue weighted by molar-refractivity contribution is -0.0487. The van der Waals surface area contributed by atoms with E-state index in [2.05, 4.69) is 20.1 Å². The maximum absolute atomic E-state index is 9.43. The zero-order chi connectivity index (χ0) is 12.2. The molecule has 0 aromatic heterocycles. The van der Waals surface area contributed by atoms with Crippen molar-refractivity contribution in [3.05, 3.63) is 32.2 Å². The third-order valence-electron chi connectivity index (χ3n) is 1.61. The standard InChI is InChI=1S/C12H21O4/c1-4-6-14-8-11(3)16-10-12(13)9-15-7-5-2/h4-5,11-13H,1-3,6-10H2. The van der Waals surface area contributed by atoms with Crippen LogP contribution in [-0.2, 0) is 14.2 Å². The summed E-state index contributed by atoms with van der Waals surface area (Å²) in [6.07, 6.45) is 2.34. The van der Waals surface area contributed by atoms with Crippen molar-refractivity contribution in [1.29, 1.82) is 0 Å². The molecule has 0 bridgehead atoms. The van der Waals surface area contributed by atoms with Crippen molar-refractivity contribution < 1.29 is 19.3 Å². The molecule has 0 amide bonds. The highest BCUT2D eigenvalue weighted by atomic mass is 16.5. The molecule has 2 unspecified atom stereocenters. The lowest BCUT2D eigenvalue weighted by Gasteiger charge is -2.16. The van der Waals surface area contributed by atoms with Crippen LogP contribution in [0.5, 0.6) is 0 Å². The summed E-state index contributed by atoms with van der Waals surface area (Å²) in [6.45, 7) is 12.4. The van der Waals surface area contributed by atoms with Gasteiger partial charge in [0.2, 0.25) is 0 Å². The van der Waals surface area contributed by atoms with E-state index in [1.807, 2.05) is 0 Å². The van der Waals surface area contributed by atoms with Gasteiger partial charge in [-0.25, -0.2) is 0 Å². The molecule has 4 nitrogen and oxygen atoms in total. The Hall–Kier alpha value is -0.680. The van der Waals surface area contributed by atoms with E-state index in [-0.39, 0.29) is 19.3 Å². The minimum atomic E-state index is -0.649. The first-order chi connectivity index (χ1) is 7.70. The number of aliphatic hydroxyl groups excluding tert-OH is 1. The molecule has 0 aromatic rings. The Bertz CT molecular complexity index is 162. The summed E-state index contributed by atoms with van der Waals surface area (Å²) < 4.78 is 15.5. The van der Waals surface area contributed by atoms with Gasteiger partial charge in [0, 0.05) is 0 Å². The molecule has 1 N–H and O–H groups in total. The molecule has 0 heterocycles. The summed E-state index contributed by atoms with van der Waals surface area (Å²) in [5.74, 6) is 0. The fourth-order valence-electron chi connectivity index (χ4n) is 0.914. The molecule has 0 aliphatic rings. The molecule has 0 saturated heterocycles. The van der Waals surface area contributed by atoms with E-state index in [4.69, 9.17) is 14.2 Å². The number of hydrogen-bond acceptors (Lipinski definition) is 4. The highest BCUT2D eigenvalue weighted by molar-refractivity contribution is 4.67. The molecule has 0 aromatic carbocycles. The smallest absolute Gasteiger partial charge is 0.101 e. The second-order valence-electron chi connectivity index (χ2n) is 3.26. The SMILES string of the molecule is [CH2]C(COCC=C)OCC(O)COCC=C. The van der Waals surface area contributed by atoms with Crippen LogP contribution in [0.4, 0.5) is 0 Å². The fraction of sp³-hybridized carbons (Fsp3) is 0.583. The predicted octanol–water partition coefficient (Wildman–Crippen LogP) is 0.972. The van der Waals surface area contributed by atoms with Crippen LogP contribution in [0.3, 0.4) is 0 Å². The third kappa shape index (κ3) is 9.86. The van der Waals surface area contributed by atoms with Crippen molar-refractivity contribution in [1.82, 2.24) is 0 Å². The number of aliphatic hydroxyl groups is 1. The van der Waals surface area contributed by atoms with Gasteiger partial charge in [-0.15, -0.1) is 13.2 Å². The first-order valence-corrected chi connectivity index (χ1v) is 5.20. The Morgan fingerprint density at radius 1 is 1.00 bits per heavy atom. The monoisotopic (exact) mass is 229 g/mol. The van der Waals surface area contributed by atoms with Gasteiger partial charge in [0.25, 0.3) is 0 Å². The second-order valence-corrected chi connectivity index (χ2v) is 3.26. The molecule has 0 aliphatic heterocycles. The topological polar surface area (TPSA) is 47.9 Å². The summed E-state index contributed by atoms with van der Waals surface area (Å²) in [7, 11) is 0. The first kappa shape index (κ1) is 15.3. The van der Waals surface area contributed by atoms with Gasteiger partial charge in [-0.1, -0.05) is 12.2 Å². The minimum absolute atomic E-state index is 0.183. The normalized spacial score (nSPS) is 14.4. The van der Waals surface area contributed by atoms with Gasteiger partial charge in [0.15, 0.2) is 0 Å². The van der Waals surface area contributed by atoms with Crippen molar-refractivity contribution in [2.45, 2.75) is 12.2 Å². The van der Waals surface area contributed by atoms with Crippen molar-refractivity contribution in [2.24, 2.45) is 0 Å². The molecule has 0 spiro atoms. The molecule has 1 radical (unpaired) electrons. The lowest BCUT2D eigenvalue weighted by Crippen LogP contribution is -2.26. The molecule has 0 saturated carbocycles. The van der Waals surface area contributed by atoms with Crippen molar-refractivity contribution >= 4 is 0 Å². The average Bonchev–Trinajstić information content (AvgIpc) is 2.27. The Kier molecular flexibility index (Phi) is 10.4. The third-order valence-corrected chi connectivity index (χ3v) is 1.61. The second kappa shape index (κ2) is 10.8. The predicted molar refractivity (Wildman–Crippen MR) is 63.1 cm³/mol. The van der Waals surface area contributed by atoms with Crippen LogP contribution in [0.2, 0.25) is 0 Å². The van der Waals surface area contributed by atoms with E-state index in [0.717, 1.165) is 0 Å². The van der Waals surface area contributed by atoms with E-state index in [1.54, 1.807) is 12.2 Å². The molecule has 0 fully saturated rings. The Morgan fingerprint density at radius 2 is 1.56 bits per heavy atom. The Balaban J connectivity index is 3.38. The van der Waals surface area contributed by atoms with Gasteiger partial charge in [-0.3, -0.25) is 0 Å². The van der Waals surface area contributed by atoms with Gasteiger partial charge >= 0.3 is 0 Å². The molecule has 0 rings (SSSR count). The summed E-state index contributed by atoms with van der Waals surface area (Å²) in [4.78, 5) is 0. The van der Waals surface area contributed by atoms with Gasteiger partial charge in [0.1, 0.15) is 6.10 Å². The summed E-state index contributed by atoms with van der Waals surface area (Å²) in [6, 6.07) is 0. The van der Waals surface area contributed by atoms with Gasteiger partial charge in [-0.2, -0.15) is 0 Å². The number of ether oxygens (including phenoxy) is 3. The molecule has 16 heavy (non-hydrogen) atoms. The maximum atomic E-state index is 9.43. The summed E-state index contributed by atoms with van der Waals surface area (Å²) in [5.41, 5.74) is 0. The van der Waals surface area contributed by atoms with Gasteiger partial charge < -0.3 is 19.3 Å². The highest BCUT2D eigenvalue weighted by Crippen LogP contribution is 1.95. The molecular formula is C12H21O4. The maximum Gasteiger partial charge on any atom is 0.101 e. The van der Waals surface area contributed by atoms with Crippen molar-refractivity contribution in [3.8, 4) is 0 Å². The van der Waals surface area contributed by atoms with Crippen LogP contribution in [0, 0.1) is 6.92 Å². The highest BCUT2D eigenvalue weighted by Gasteiger charge is 2.08.